The highest BCUT2D eigenvalue weighted by Gasteiger charge is 2.09. The molecule has 1 N–H and O–H groups in total. The molecule has 17 heavy (non-hydrogen) atoms. The second kappa shape index (κ2) is 4.72. The zero-order valence-corrected chi connectivity index (χ0v) is 10.5. The zero-order valence-electron chi connectivity index (χ0n) is 10.5. The van der Waals surface area contributed by atoms with Crippen LogP contribution in [-0.4, -0.2) is 29.8 Å². The first-order valence-corrected chi connectivity index (χ1v) is 5.83. The fraction of sp³-hybridized carbons (Fsp3) is 0.357. The van der Waals surface area contributed by atoms with Gasteiger partial charge in [-0.05, 0) is 26.0 Å². The Hall–Kier alpha value is -1.61. The third-order valence-electron chi connectivity index (χ3n) is 2.77. The lowest BCUT2D eigenvalue weighted by molar-refractivity contribution is 0.201. The molecule has 0 amide bonds. The molecule has 1 heterocycles. The SMILES string of the molecule is Cc1cc(N(C)CC(C)O)c2ccccc2n1. The number of pyridine rings is 1. The molecule has 0 saturated carbocycles. The molecule has 3 heteroatoms. The van der Waals surface area contributed by atoms with Crippen LogP contribution in [0.2, 0.25) is 0 Å². The van der Waals surface area contributed by atoms with Crippen LogP contribution in [0.4, 0.5) is 5.69 Å². The standard InChI is InChI=1S/C14H18N2O/c1-10-8-14(16(3)9-11(2)17)12-6-4-5-7-13(12)15-10/h4-8,11,17H,9H2,1-3H3. The topological polar surface area (TPSA) is 36.4 Å². The van der Waals surface area contributed by atoms with Crippen molar-refractivity contribution in [3.05, 3.63) is 36.0 Å². The van der Waals surface area contributed by atoms with Crippen molar-refractivity contribution in [3.63, 3.8) is 0 Å². The zero-order chi connectivity index (χ0) is 12.4. The van der Waals surface area contributed by atoms with Crippen LogP contribution in [0.5, 0.6) is 0 Å². The number of aliphatic hydroxyl groups excluding tert-OH is 1. The molecule has 0 aliphatic rings. The summed E-state index contributed by atoms with van der Waals surface area (Å²) in [4.78, 5) is 6.58. The van der Waals surface area contributed by atoms with Gasteiger partial charge in [0.2, 0.25) is 0 Å². The van der Waals surface area contributed by atoms with E-state index in [-0.39, 0.29) is 6.10 Å². The second-order valence-corrected chi connectivity index (χ2v) is 4.53. The molecule has 0 saturated heterocycles. The predicted octanol–water partition coefficient (Wildman–Crippen LogP) is 2.36. The smallest absolute Gasteiger partial charge is 0.0726 e. The third-order valence-corrected chi connectivity index (χ3v) is 2.77. The summed E-state index contributed by atoms with van der Waals surface area (Å²) in [5.41, 5.74) is 3.12. The molecule has 0 aliphatic heterocycles. The van der Waals surface area contributed by atoms with Gasteiger partial charge in [0.1, 0.15) is 0 Å². The van der Waals surface area contributed by atoms with Crippen LogP contribution in [0.3, 0.4) is 0 Å². The third kappa shape index (κ3) is 2.56. The van der Waals surface area contributed by atoms with Crippen LogP contribution >= 0.6 is 0 Å². The molecular weight excluding hydrogens is 212 g/mol. The molecule has 0 radical (unpaired) electrons. The highest BCUT2D eigenvalue weighted by Crippen LogP contribution is 2.25. The van der Waals surface area contributed by atoms with Gasteiger partial charge in [-0.2, -0.15) is 0 Å². The summed E-state index contributed by atoms with van der Waals surface area (Å²) in [6, 6.07) is 10.1. The number of hydrogen-bond donors (Lipinski definition) is 1. The molecule has 0 aliphatic carbocycles. The number of aliphatic hydroxyl groups is 1. The van der Waals surface area contributed by atoms with Gasteiger partial charge >= 0.3 is 0 Å². The number of benzene rings is 1. The lowest BCUT2D eigenvalue weighted by Crippen LogP contribution is -2.27. The quantitative estimate of drug-likeness (QED) is 0.879. The first kappa shape index (κ1) is 11.9. The highest BCUT2D eigenvalue weighted by molar-refractivity contribution is 5.91. The maximum atomic E-state index is 9.47. The van der Waals surface area contributed by atoms with E-state index in [9.17, 15) is 5.11 Å². The van der Waals surface area contributed by atoms with Crippen LogP contribution < -0.4 is 4.90 Å². The minimum absolute atomic E-state index is 0.341. The van der Waals surface area contributed by atoms with E-state index in [0.29, 0.717) is 6.54 Å². The Labute approximate surface area is 102 Å². The number of aryl methyl sites for hydroxylation is 1. The molecule has 0 fully saturated rings. The maximum Gasteiger partial charge on any atom is 0.0726 e. The van der Waals surface area contributed by atoms with E-state index in [2.05, 4.69) is 22.0 Å². The Kier molecular flexibility index (Phi) is 3.29. The molecule has 0 bridgehead atoms. The lowest BCUT2D eigenvalue weighted by atomic mass is 10.1. The van der Waals surface area contributed by atoms with E-state index in [1.165, 1.54) is 0 Å². The van der Waals surface area contributed by atoms with Crippen LogP contribution in [0.15, 0.2) is 30.3 Å². The van der Waals surface area contributed by atoms with Gasteiger partial charge in [0.05, 0.1) is 11.6 Å². The fourth-order valence-corrected chi connectivity index (χ4v) is 2.10. The van der Waals surface area contributed by atoms with Gasteiger partial charge in [-0.25, -0.2) is 0 Å². The summed E-state index contributed by atoms with van der Waals surface area (Å²) in [5.74, 6) is 0. The van der Waals surface area contributed by atoms with Gasteiger partial charge in [0.15, 0.2) is 0 Å². The summed E-state index contributed by atoms with van der Waals surface area (Å²) in [7, 11) is 1.99. The second-order valence-electron chi connectivity index (χ2n) is 4.53. The Morgan fingerprint density at radius 2 is 2.06 bits per heavy atom. The van der Waals surface area contributed by atoms with Crippen molar-refractivity contribution in [2.45, 2.75) is 20.0 Å². The van der Waals surface area contributed by atoms with Crippen LogP contribution in [0, 0.1) is 6.92 Å². The Morgan fingerprint density at radius 1 is 1.35 bits per heavy atom. The monoisotopic (exact) mass is 230 g/mol. The highest BCUT2D eigenvalue weighted by atomic mass is 16.3. The van der Waals surface area contributed by atoms with Crippen molar-refractivity contribution in [2.75, 3.05) is 18.5 Å². The number of anilines is 1. The summed E-state index contributed by atoms with van der Waals surface area (Å²) in [5, 5.41) is 10.6. The number of aromatic nitrogens is 1. The number of para-hydroxylation sites is 1. The van der Waals surface area contributed by atoms with E-state index in [1.54, 1.807) is 6.92 Å². The molecule has 1 unspecified atom stereocenters. The van der Waals surface area contributed by atoms with Crippen molar-refractivity contribution < 1.29 is 5.11 Å². The minimum Gasteiger partial charge on any atom is -0.392 e. The molecule has 1 atom stereocenters. The maximum absolute atomic E-state index is 9.47. The van der Waals surface area contributed by atoms with E-state index >= 15 is 0 Å². The largest absolute Gasteiger partial charge is 0.392 e. The van der Waals surface area contributed by atoms with Gasteiger partial charge < -0.3 is 10.0 Å². The molecule has 1 aromatic heterocycles. The molecule has 90 valence electrons. The minimum atomic E-state index is -0.341. The van der Waals surface area contributed by atoms with Crippen molar-refractivity contribution in [1.82, 2.24) is 4.98 Å². The van der Waals surface area contributed by atoms with E-state index in [4.69, 9.17) is 0 Å². The Balaban J connectivity index is 2.51. The van der Waals surface area contributed by atoms with Crippen molar-refractivity contribution in [2.24, 2.45) is 0 Å². The number of likely N-dealkylation sites (N-methyl/N-ethyl adjacent to an activating group) is 1. The van der Waals surface area contributed by atoms with Crippen molar-refractivity contribution >= 4 is 16.6 Å². The van der Waals surface area contributed by atoms with Crippen LogP contribution in [0.1, 0.15) is 12.6 Å². The Bertz CT molecular complexity index is 523. The summed E-state index contributed by atoms with van der Waals surface area (Å²) in [6.45, 7) is 4.41. The first-order valence-electron chi connectivity index (χ1n) is 5.83. The average Bonchev–Trinajstić information content (AvgIpc) is 2.26. The van der Waals surface area contributed by atoms with E-state index < -0.39 is 0 Å². The normalized spacial score (nSPS) is 12.7. The van der Waals surface area contributed by atoms with Crippen molar-refractivity contribution in [3.8, 4) is 0 Å². The molecular formula is C14H18N2O. The van der Waals surface area contributed by atoms with Gasteiger partial charge in [-0.3, -0.25) is 4.98 Å². The molecule has 2 aromatic rings. The summed E-state index contributed by atoms with van der Waals surface area (Å²) < 4.78 is 0. The molecule has 3 nitrogen and oxygen atoms in total. The lowest BCUT2D eigenvalue weighted by Gasteiger charge is -2.22. The van der Waals surface area contributed by atoms with E-state index in [1.807, 2.05) is 32.2 Å². The summed E-state index contributed by atoms with van der Waals surface area (Å²) in [6.07, 6.45) is -0.341. The first-order chi connectivity index (χ1) is 8.08. The van der Waals surface area contributed by atoms with Crippen molar-refractivity contribution in [1.29, 1.82) is 0 Å². The molecule has 1 aromatic carbocycles. The Morgan fingerprint density at radius 3 is 2.76 bits per heavy atom. The van der Waals surface area contributed by atoms with Gasteiger partial charge in [-0.1, -0.05) is 18.2 Å². The van der Waals surface area contributed by atoms with Crippen LogP contribution in [0.25, 0.3) is 10.9 Å². The number of rotatable bonds is 3. The number of hydrogen-bond acceptors (Lipinski definition) is 3. The van der Waals surface area contributed by atoms with E-state index in [0.717, 1.165) is 22.3 Å². The van der Waals surface area contributed by atoms with Gasteiger partial charge in [-0.15, -0.1) is 0 Å². The van der Waals surface area contributed by atoms with Crippen LogP contribution in [-0.2, 0) is 0 Å². The molecule has 2 rings (SSSR count). The summed E-state index contributed by atoms with van der Waals surface area (Å²) >= 11 is 0. The fourth-order valence-electron chi connectivity index (χ4n) is 2.10. The number of nitrogens with zero attached hydrogens (tertiary/aromatic N) is 2. The number of fused-ring (bicyclic) bond motifs is 1. The average molecular weight is 230 g/mol. The van der Waals surface area contributed by atoms with Gasteiger partial charge in [0, 0.05) is 30.4 Å². The van der Waals surface area contributed by atoms with Gasteiger partial charge in [0.25, 0.3) is 0 Å². The molecule has 0 spiro atoms. The predicted molar refractivity (Wildman–Crippen MR) is 71.4 cm³/mol.